The van der Waals surface area contributed by atoms with Gasteiger partial charge in [-0.25, -0.2) is 28.5 Å². The number of imidazole rings is 1. The lowest BCUT2D eigenvalue weighted by atomic mass is 10.1. The van der Waals surface area contributed by atoms with Crippen LogP contribution in [0.25, 0.3) is 39.5 Å². The molecule has 5 aromatic rings. The minimum atomic E-state index is -4.60. The number of nitrogens with one attached hydrogen (secondary N) is 1. The Balaban J connectivity index is 1.86. The highest BCUT2D eigenvalue weighted by atomic mass is 35.5. The van der Waals surface area contributed by atoms with E-state index in [0.717, 1.165) is 12.3 Å². The fraction of sp³-hybridized carbons (Fsp3) is 0.182. The molecule has 1 N–H and O–H groups in total. The van der Waals surface area contributed by atoms with Gasteiger partial charge in [0.05, 0.1) is 26.5 Å². The van der Waals surface area contributed by atoms with Gasteiger partial charge < -0.3 is 4.57 Å². The second-order valence-electron chi connectivity index (χ2n) is 7.93. The van der Waals surface area contributed by atoms with Crippen molar-refractivity contribution in [2.45, 2.75) is 18.1 Å². The fourth-order valence-corrected chi connectivity index (χ4v) is 5.39. The van der Waals surface area contributed by atoms with Crippen LogP contribution in [-0.2, 0) is 23.0 Å². The van der Waals surface area contributed by atoms with E-state index in [1.807, 2.05) is 0 Å². The first-order valence-electron chi connectivity index (χ1n) is 10.4. The van der Waals surface area contributed by atoms with Crippen LogP contribution in [0.1, 0.15) is 12.5 Å². The number of benzene rings is 1. The number of alkyl halides is 3. The van der Waals surface area contributed by atoms with E-state index in [9.17, 15) is 17.4 Å². The van der Waals surface area contributed by atoms with E-state index in [-0.39, 0.29) is 39.0 Å². The third-order valence-electron chi connectivity index (χ3n) is 5.62. The van der Waals surface area contributed by atoms with Crippen LogP contribution in [0.3, 0.4) is 0 Å². The van der Waals surface area contributed by atoms with Gasteiger partial charge in [-0.15, -0.1) is 0 Å². The number of hydrogen-bond acceptors (Lipinski definition) is 6. The minimum Gasteiger partial charge on any atom is -0.312 e. The standard InChI is InChI=1S/C22H16Cl2F3N7OS/c1-3-36(28,35)21-17(20-31-15-8-12(22(25,26)27)10-30-18(15)33(20)2)19-29-5-4-16(34(19)32-21)11-6-13(23)9-14(24)7-11/h4-10,28H,3H2,1-2H3. The van der Waals surface area contributed by atoms with Gasteiger partial charge in [-0.3, -0.25) is 0 Å². The number of halogens is 5. The van der Waals surface area contributed by atoms with Crippen molar-refractivity contribution < 1.29 is 17.4 Å². The molecule has 0 fully saturated rings. The van der Waals surface area contributed by atoms with Crippen LogP contribution in [0, 0.1) is 4.78 Å². The molecule has 1 atom stereocenters. The Morgan fingerprint density at radius 2 is 1.78 bits per heavy atom. The molecule has 0 aliphatic heterocycles. The van der Waals surface area contributed by atoms with E-state index >= 15 is 0 Å². The molecule has 4 heterocycles. The molecule has 36 heavy (non-hydrogen) atoms. The highest BCUT2D eigenvalue weighted by Crippen LogP contribution is 2.36. The SMILES string of the molecule is CCS(=N)(=O)c1nn2c(-c3cc(Cl)cc(Cl)c3)ccnc2c1-c1nc2cc(C(F)(F)F)cnc2n1C. The molecule has 1 unspecified atom stereocenters. The summed E-state index contributed by atoms with van der Waals surface area (Å²) in [7, 11) is -1.85. The first-order chi connectivity index (χ1) is 16.9. The van der Waals surface area contributed by atoms with E-state index in [1.54, 1.807) is 38.2 Å². The predicted octanol–water partition coefficient (Wildman–Crippen LogP) is 6.10. The summed E-state index contributed by atoms with van der Waals surface area (Å²) in [6, 6.07) is 7.44. The molecule has 0 aliphatic carbocycles. The normalized spacial score (nSPS) is 14.0. The average Bonchev–Trinajstić information content (AvgIpc) is 3.35. The Kier molecular flexibility index (Phi) is 5.73. The van der Waals surface area contributed by atoms with Crippen LogP contribution in [0.5, 0.6) is 0 Å². The number of aryl methyl sites for hydroxylation is 1. The van der Waals surface area contributed by atoms with Crippen molar-refractivity contribution in [1.82, 2.24) is 29.1 Å². The lowest BCUT2D eigenvalue weighted by Gasteiger charge is -2.07. The van der Waals surface area contributed by atoms with Crippen molar-refractivity contribution in [3.05, 3.63) is 58.3 Å². The van der Waals surface area contributed by atoms with E-state index < -0.39 is 21.5 Å². The fourth-order valence-electron chi connectivity index (χ4n) is 3.86. The van der Waals surface area contributed by atoms with Gasteiger partial charge in [0, 0.05) is 40.8 Å². The Morgan fingerprint density at radius 3 is 2.42 bits per heavy atom. The molecule has 0 radical (unpaired) electrons. The zero-order chi connectivity index (χ0) is 26.0. The van der Waals surface area contributed by atoms with Crippen LogP contribution < -0.4 is 0 Å². The summed E-state index contributed by atoms with van der Waals surface area (Å²) >= 11 is 12.4. The van der Waals surface area contributed by atoms with Crippen LogP contribution in [0.15, 0.2) is 47.8 Å². The Bertz CT molecular complexity index is 1760. The van der Waals surface area contributed by atoms with Gasteiger partial charge in [-0.2, -0.15) is 18.3 Å². The third kappa shape index (κ3) is 3.98. The highest BCUT2D eigenvalue weighted by Gasteiger charge is 2.33. The van der Waals surface area contributed by atoms with Crippen LogP contribution in [0.2, 0.25) is 10.0 Å². The lowest BCUT2D eigenvalue weighted by molar-refractivity contribution is -0.137. The quantitative estimate of drug-likeness (QED) is 0.290. The number of aromatic nitrogens is 6. The molecule has 1 aromatic carbocycles. The van der Waals surface area contributed by atoms with Gasteiger partial charge in [-0.1, -0.05) is 30.1 Å². The topological polar surface area (TPSA) is 102 Å². The van der Waals surface area contributed by atoms with Crippen molar-refractivity contribution in [1.29, 1.82) is 4.78 Å². The monoisotopic (exact) mass is 553 g/mol. The first kappa shape index (κ1) is 24.5. The number of hydrogen-bond donors (Lipinski definition) is 1. The second-order valence-corrected chi connectivity index (χ2v) is 11.1. The summed E-state index contributed by atoms with van der Waals surface area (Å²) in [5, 5.41) is 5.16. The molecule has 0 aliphatic rings. The van der Waals surface area contributed by atoms with Crippen LogP contribution in [0.4, 0.5) is 13.2 Å². The van der Waals surface area contributed by atoms with Gasteiger partial charge in [0.15, 0.2) is 16.3 Å². The smallest absolute Gasteiger partial charge is 0.312 e. The third-order valence-corrected chi connectivity index (χ3v) is 7.78. The maximum absolute atomic E-state index is 13.3. The molecule has 186 valence electrons. The first-order valence-corrected chi connectivity index (χ1v) is 12.9. The number of rotatable bonds is 4. The minimum absolute atomic E-state index is 0.0154. The molecule has 0 spiro atoms. The maximum Gasteiger partial charge on any atom is 0.417 e. The average molecular weight is 554 g/mol. The van der Waals surface area contributed by atoms with Gasteiger partial charge in [0.25, 0.3) is 0 Å². The van der Waals surface area contributed by atoms with E-state index in [2.05, 4.69) is 20.1 Å². The van der Waals surface area contributed by atoms with E-state index in [1.165, 1.54) is 15.3 Å². The summed E-state index contributed by atoms with van der Waals surface area (Å²) in [4.78, 5) is 12.7. The summed E-state index contributed by atoms with van der Waals surface area (Å²) in [6.07, 6.45) is -2.38. The molecular formula is C22H16Cl2F3N7OS. The predicted molar refractivity (Wildman–Crippen MR) is 131 cm³/mol. The second kappa shape index (κ2) is 8.43. The van der Waals surface area contributed by atoms with E-state index in [0.29, 0.717) is 21.3 Å². The maximum atomic E-state index is 13.3. The van der Waals surface area contributed by atoms with Crippen molar-refractivity contribution >= 4 is 49.7 Å². The number of pyridine rings is 1. The Hall–Kier alpha value is -3.22. The molecule has 0 bridgehead atoms. The highest BCUT2D eigenvalue weighted by molar-refractivity contribution is 7.92. The summed E-state index contributed by atoms with van der Waals surface area (Å²) in [5.41, 5.74) is 0.681. The summed E-state index contributed by atoms with van der Waals surface area (Å²) in [6.45, 7) is 1.58. The Morgan fingerprint density at radius 1 is 1.08 bits per heavy atom. The Labute approximate surface area is 212 Å². The van der Waals surface area contributed by atoms with Crippen molar-refractivity contribution in [2.24, 2.45) is 7.05 Å². The summed E-state index contributed by atoms with van der Waals surface area (Å²) < 4.78 is 64.4. The zero-order valence-corrected chi connectivity index (χ0v) is 21.0. The van der Waals surface area contributed by atoms with Crippen molar-refractivity contribution in [3.63, 3.8) is 0 Å². The van der Waals surface area contributed by atoms with Crippen molar-refractivity contribution in [3.8, 4) is 22.6 Å². The molecule has 14 heteroatoms. The molecule has 0 saturated heterocycles. The number of nitrogens with zero attached hydrogens (tertiary/aromatic N) is 6. The molecule has 8 nitrogen and oxygen atoms in total. The van der Waals surface area contributed by atoms with Gasteiger partial charge in [0.2, 0.25) is 0 Å². The van der Waals surface area contributed by atoms with Gasteiger partial charge in [0.1, 0.15) is 11.3 Å². The molecular weight excluding hydrogens is 538 g/mol. The molecule has 0 amide bonds. The lowest BCUT2D eigenvalue weighted by Crippen LogP contribution is -2.06. The number of fused-ring (bicyclic) bond motifs is 2. The zero-order valence-electron chi connectivity index (χ0n) is 18.6. The van der Waals surface area contributed by atoms with Crippen LogP contribution >= 0.6 is 23.2 Å². The van der Waals surface area contributed by atoms with Crippen LogP contribution in [-0.4, -0.2) is 39.1 Å². The van der Waals surface area contributed by atoms with Crippen molar-refractivity contribution in [2.75, 3.05) is 5.75 Å². The molecule has 0 saturated carbocycles. The molecule has 4 aromatic heterocycles. The van der Waals surface area contributed by atoms with Gasteiger partial charge >= 0.3 is 6.18 Å². The summed E-state index contributed by atoms with van der Waals surface area (Å²) in [5.74, 6) is 0.0758. The largest absolute Gasteiger partial charge is 0.417 e. The van der Waals surface area contributed by atoms with E-state index in [4.69, 9.17) is 28.0 Å². The van der Waals surface area contributed by atoms with Gasteiger partial charge in [-0.05, 0) is 30.3 Å². The molecule has 5 rings (SSSR count).